The molecule has 0 aliphatic heterocycles. The first-order valence-electron chi connectivity index (χ1n) is 17.4. The number of fused-ring (bicyclic) bond motifs is 9. The van der Waals surface area contributed by atoms with Gasteiger partial charge in [0.2, 0.25) is 0 Å². The van der Waals surface area contributed by atoms with Gasteiger partial charge in [0.15, 0.2) is 0 Å². The standard InChI is InChI=1S/C45H39BNO3/c1-43(2)37-13-9-7-11-31(37)32-19-15-28(24-38(32)43)27-16-21-39-35(23-27)36-25-29(46-50-45(5,6)44(3,4)48)17-22-40(36)47(39)30-18-20-34-33-12-8-10-14-41(33)49-42(34)26-30/h7-26,48H,1-6H3. The van der Waals surface area contributed by atoms with Gasteiger partial charge < -0.3 is 18.7 Å². The van der Waals surface area contributed by atoms with Gasteiger partial charge in [0, 0.05) is 38.7 Å². The zero-order valence-electron chi connectivity index (χ0n) is 29.3. The number of aromatic nitrogens is 1. The first-order chi connectivity index (χ1) is 23.9. The molecule has 2 heterocycles. The molecular weight excluding hydrogens is 613 g/mol. The van der Waals surface area contributed by atoms with Crippen LogP contribution in [-0.2, 0) is 10.1 Å². The minimum absolute atomic E-state index is 0.0704. The van der Waals surface area contributed by atoms with Crippen LogP contribution >= 0.6 is 0 Å². The predicted octanol–water partition coefficient (Wildman–Crippen LogP) is 10.5. The fraction of sp³-hybridized carbons (Fsp3) is 0.200. The third-order valence-electron chi connectivity index (χ3n) is 11.3. The van der Waals surface area contributed by atoms with E-state index in [-0.39, 0.29) is 5.41 Å². The van der Waals surface area contributed by atoms with E-state index in [1.54, 1.807) is 21.3 Å². The van der Waals surface area contributed by atoms with Gasteiger partial charge in [-0.2, -0.15) is 0 Å². The number of nitrogens with zero attached hydrogens (tertiary/aromatic N) is 1. The Labute approximate surface area is 293 Å². The number of aliphatic hydroxyl groups is 1. The molecule has 1 aliphatic rings. The van der Waals surface area contributed by atoms with E-state index in [0.717, 1.165) is 54.9 Å². The van der Waals surface area contributed by atoms with Gasteiger partial charge in [0.05, 0.1) is 22.2 Å². The van der Waals surface area contributed by atoms with E-state index in [1.807, 2.05) is 26.0 Å². The van der Waals surface area contributed by atoms with E-state index in [4.69, 9.17) is 9.07 Å². The van der Waals surface area contributed by atoms with Crippen molar-refractivity contribution in [1.82, 2.24) is 4.57 Å². The van der Waals surface area contributed by atoms with E-state index in [9.17, 15) is 5.11 Å². The topological polar surface area (TPSA) is 47.5 Å². The minimum atomic E-state index is -1.01. The number of furan rings is 1. The highest BCUT2D eigenvalue weighted by molar-refractivity contribution is 6.47. The zero-order valence-corrected chi connectivity index (χ0v) is 29.3. The maximum Gasteiger partial charge on any atom is 0.330 e. The van der Waals surface area contributed by atoms with Crippen LogP contribution in [0.2, 0.25) is 0 Å². The van der Waals surface area contributed by atoms with Crippen LogP contribution in [0, 0.1) is 0 Å². The van der Waals surface area contributed by atoms with Crippen molar-refractivity contribution in [3.63, 3.8) is 0 Å². The molecule has 0 fully saturated rings. The number of hydrogen-bond donors (Lipinski definition) is 1. The van der Waals surface area contributed by atoms with Crippen LogP contribution < -0.4 is 5.46 Å². The molecule has 4 nitrogen and oxygen atoms in total. The summed E-state index contributed by atoms with van der Waals surface area (Å²) in [6, 6.07) is 43.7. The second kappa shape index (κ2) is 10.7. The lowest BCUT2D eigenvalue weighted by atomic mass is 9.81. The average Bonchev–Trinajstić information content (AvgIpc) is 3.71. The van der Waals surface area contributed by atoms with E-state index in [1.165, 1.54) is 33.4 Å². The molecule has 2 aromatic heterocycles. The van der Waals surface area contributed by atoms with E-state index >= 15 is 0 Å². The molecule has 245 valence electrons. The number of para-hydroxylation sites is 1. The van der Waals surface area contributed by atoms with Crippen LogP contribution in [0.3, 0.4) is 0 Å². The van der Waals surface area contributed by atoms with Crippen LogP contribution in [0.15, 0.2) is 126 Å². The molecule has 1 radical (unpaired) electrons. The first kappa shape index (κ1) is 30.9. The lowest BCUT2D eigenvalue weighted by molar-refractivity contribution is -0.0893. The van der Waals surface area contributed by atoms with Gasteiger partial charge in [0.25, 0.3) is 0 Å². The van der Waals surface area contributed by atoms with Crippen LogP contribution in [-0.4, -0.2) is 28.4 Å². The normalized spacial score (nSPS) is 14.1. The van der Waals surface area contributed by atoms with Gasteiger partial charge in [-0.05, 0) is 104 Å². The number of hydrogen-bond acceptors (Lipinski definition) is 3. The van der Waals surface area contributed by atoms with E-state index in [0.29, 0.717) is 0 Å². The van der Waals surface area contributed by atoms with Crippen LogP contribution in [0.1, 0.15) is 52.7 Å². The van der Waals surface area contributed by atoms with Gasteiger partial charge in [-0.1, -0.05) is 92.1 Å². The van der Waals surface area contributed by atoms with Gasteiger partial charge in [0.1, 0.15) is 11.2 Å². The smallest absolute Gasteiger partial charge is 0.330 e. The Kier molecular flexibility index (Phi) is 6.62. The molecule has 1 aliphatic carbocycles. The second-order valence-corrected chi connectivity index (χ2v) is 15.4. The van der Waals surface area contributed by atoms with Crippen LogP contribution in [0.25, 0.3) is 71.7 Å². The summed E-state index contributed by atoms with van der Waals surface area (Å²) >= 11 is 0. The Balaban J connectivity index is 1.21. The largest absolute Gasteiger partial charge is 0.456 e. The molecule has 0 bridgehead atoms. The maximum atomic E-state index is 10.7. The maximum absolute atomic E-state index is 10.7. The highest BCUT2D eigenvalue weighted by atomic mass is 16.5. The van der Waals surface area contributed by atoms with E-state index in [2.05, 4.69) is 128 Å². The van der Waals surface area contributed by atoms with Crippen molar-refractivity contribution in [3.8, 4) is 27.9 Å². The zero-order chi connectivity index (χ0) is 34.6. The summed E-state index contributed by atoms with van der Waals surface area (Å²) in [5.41, 5.74) is 11.9. The van der Waals surface area contributed by atoms with Crippen molar-refractivity contribution in [2.75, 3.05) is 0 Å². The molecule has 0 saturated carbocycles. The fourth-order valence-electron chi connectivity index (χ4n) is 7.67. The Morgan fingerprint density at radius 3 is 2.10 bits per heavy atom. The summed E-state index contributed by atoms with van der Waals surface area (Å²) in [6.45, 7) is 12.0. The molecule has 0 unspecified atom stereocenters. The molecule has 0 saturated heterocycles. The molecule has 5 heteroatoms. The lowest BCUT2D eigenvalue weighted by Crippen LogP contribution is -2.49. The quantitative estimate of drug-likeness (QED) is 0.182. The summed E-state index contributed by atoms with van der Waals surface area (Å²) in [5, 5.41) is 15.2. The van der Waals surface area contributed by atoms with Gasteiger partial charge in [-0.15, -0.1) is 0 Å². The summed E-state index contributed by atoms with van der Waals surface area (Å²) < 4.78 is 14.8. The lowest BCUT2D eigenvalue weighted by Gasteiger charge is -2.37. The number of benzene rings is 6. The summed E-state index contributed by atoms with van der Waals surface area (Å²) in [5.74, 6) is 0. The summed E-state index contributed by atoms with van der Waals surface area (Å²) in [7, 11) is 1.77. The molecular formula is C45H39BNO3. The van der Waals surface area contributed by atoms with Crippen LogP contribution in [0.4, 0.5) is 0 Å². The van der Waals surface area contributed by atoms with Crippen molar-refractivity contribution in [2.45, 2.75) is 58.2 Å². The van der Waals surface area contributed by atoms with Gasteiger partial charge in [-0.25, -0.2) is 0 Å². The molecule has 8 aromatic rings. The first-order valence-corrected chi connectivity index (χ1v) is 17.4. The van der Waals surface area contributed by atoms with Crippen molar-refractivity contribution in [3.05, 3.63) is 132 Å². The Morgan fingerprint density at radius 2 is 1.28 bits per heavy atom. The molecule has 0 amide bonds. The third-order valence-corrected chi connectivity index (χ3v) is 11.3. The highest BCUT2D eigenvalue weighted by Crippen LogP contribution is 2.49. The Morgan fingerprint density at radius 1 is 0.620 bits per heavy atom. The summed E-state index contributed by atoms with van der Waals surface area (Å²) in [4.78, 5) is 0. The predicted molar refractivity (Wildman–Crippen MR) is 208 cm³/mol. The molecule has 9 rings (SSSR count). The SMILES string of the molecule is CC1(C)c2ccccc2-c2ccc(-c3ccc4c(c3)c3cc([B]OC(C)(C)C(C)(C)O)ccc3n4-c3ccc4c(c3)oc3ccccc34)cc21. The van der Waals surface area contributed by atoms with Gasteiger partial charge >= 0.3 is 7.48 Å². The second-order valence-electron chi connectivity index (χ2n) is 15.4. The monoisotopic (exact) mass is 652 g/mol. The molecule has 0 atom stereocenters. The van der Waals surface area contributed by atoms with Crippen molar-refractivity contribution in [2.24, 2.45) is 0 Å². The Hall–Kier alpha value is -5.10. The van der Waals surface area contributed by atoms with E-state index < -0.39 is 11.2 Å². The minimum Gasteiger partial charge on any atom is -0.456 e. The van der Waals surface area contributed by atoms with Crippen molar-refractivity contribution >= 4 is 56.7 Å². The number of rotatable bonds is 6. The molecule has 0 spiro atoms. The van der Waals surface area contributed by atoms with Crippen molar-refractivity contribution < 1.29 is 14.2 Å². The summed E-state index contributed by atoms with van der Waals surface area (Å²) in [6.07, 6.45) is 0. The van der Waals surface area contributed by atoms with Crippen molar-refractivity contribution in [1.29, 1.82) is 0 Å². The fourth-order valence-corrected chi connectivity index (χ4v) is 7.67. The molecule has 1 N–H and O–H groups in total. The third kappa shape index (κ3) is 4.61. The van der Waals surface area contributed by atoms with Gasteiger partial charge in [-0.3, -0.25) is 0 Å². The van der Waals surface area contributed by atoms with Crippen LogP contribution in [0.5, 0.6) is 0 Å². The molecule has 6 aromatic carbocycles. The average molecular weight is 653 g/mol. The molecule has 50 heavy (non-hydrogen) atoms. The Bertz CT molecular complexity index is 2650. The highest BCUT2D eigenvalue weighted by Gasteiger charge is 2.36.